The van der Waals surface area contributed by atoms with Crippen LogP contribution in [0.2, 0.25) is 0 Å². The summed E-state index contributed by atoms with van der Waals surface area (Å²) >= 11 is 0. The Bertz CT molecular complexity index is 660. The summed E-state index contributed by atoms with van der Waals surface area (Å²) in [6.07, 6.45) is 0. The van der Waals surface area contributed by atoms with Gasteiger partial charge in [0.2, 0.25) is 0 Å². The maximum absolute atomic E-state index is 12.1. The van der Waals surface area contributed by atoms with Crippen molar-refractivity contribution in [1.29, 1.82) is 0 Å². The third-order valence-electron chi connectivity index (χ3n) is 3.16. The van der Waals surface area contributed by atoms with E-state index in [0.29, 0.717) is 5.69 Å². The number of ether oxygens (including phenoxy) is 1. The van der Waals surface area contributed by atoms with Crippen molar-refractivity contribution in [3.8, 4) is 17.0 Å². The zero-order valence-electron chi connectivity index (χ0n) is 13.1. The predicted octanol–water partition coefficient (Wildman–Crippen LogP) is 2.54. The summed E-state index contributed by atoms with van der Waals surface area (Å²) < 4.78 is 7.10. The quantitative estimate of drug-likeness (QED) is 0.940. The van der Waals surface area contributed by atoms with Crippen LogP contribution >= 0.6 is 0 Å². The third-order valence-corrected chi connectivity index (χ3v) is 3.16. The lowest BCUT2D eigenvalue weighted by atomic mass is 10.1. The van der Waals surface area contributed by atoms with Crippen LogP contribution in [0.25, 0.3) is 11.3 Å². The fraction of sp³-hybridized carbons (Fsp3) is 0.375. The van der Waals surface area contributed by atoms with Crippen LogP contribution in [0.5, 0.6) is 5.75 Å². The highest BCUT2D eigenvalue weighted by molar-refractivity contribution is 5.93. The molecule has 112 valence electrons. The normalized spacial score (nSPS) is 10.8. The smallest absolute Gasteiger partial charge is 0.271 e. The summed E-state index contributed by atoms with van der Waals surface area (Å²) in [6.45, 7) is 5.86. The first-order chi connectivity index (χ1) is 9.92. The second kappa shape index (κ2) is 5.99. The molecule has 1 N–H and O–H groups in total. The van der Waals surface area contributed by atoms with Crippen molar-refractivity contribution >= 4 is 5.91 Å². The molecule has 1 aromatic heterocycles. The molecule has 21 heavy (non-hydrogen) atoms. The Morgan fingerprint density at radius 3 is 2.67 bits per heavy atom. The largest absolute Gasteiger partial charge is 0.496 e. The van der Waals surface area contributed by atoms with Crippen molar-refractivity contribution in [3.05, 3.63) is 35.5 Å². The number of methoxy groups -OCH3 is 1. The molecule has 0 saturated heterocycles. The van der Waals surface area contributed by atoms with E-state index in [0.717, 1.165) is 22.6 Å². The number of rotatable bonds is 4. The monoisotopic (exact) mass is 287 g/mol. The SMILES string of the molecule is COc1ccc(C)cc1-c1cc(C(=O)NC(C)C)nn1C. The molecule has 2 rings (SSSR count). The minimum absolute atomic E-state index is 0.0801. The molecule has 5 nitrogen and oxygen atoms in total. The molecule has 0 aliphatic heterocycles. The number of amides is 1. The number of hydrogen-bond donors (Lipinski definition) is 1. The third kappa shape index (κ3) is 3.24. The Kier molecular flexibility index (Phi) is 4.31. The van der Waals surface area contributed by atoms with Crippen molar-refractivity contribution in [2.75, 3.05) is 7.11 Å². The average molecular weight is 287 g/mol. The molecule has 0 unspecified atom stereocenters. The van der Waals surface area contributed by atoms with Gasteiger partial charge in [-0.25, -0.2) is 0 Å². The zero-order chi connectivity index (χ0) is 15.6. The van der Waals surface area contributed by atoms with Crippen molar-refractivity contribution in [2.24, 2.45) is 7.05 Å². The first-order valence-electron chi connectivity index (χ1n) is 6.92. The number of aryl methyl sites for hydroxylation is 2. The van der Waals surface area contributed by atoms with Gasteiger partial charge in [0, 0.05) is 18.7 Å². The van der Waals surface area contributed by atoms with Gasteiger partial charge in [-0.1, -0.05) is 11.6 Å². The Hall–Kier alpha value is -2.30. The molecule has 0 aliphatic rings. The highest BCUT2D eigenvalue weighted by Crippen LogP contribution is 2.31. The van der Waals surface area contributed by atoms with E-state index in [9.17, 15) is 4.79 Å². The second-order valence-electron chi connectivity index (χ2n) is 5.37. The van der Waals surface area contributed by atoms with Crippen molar-refractivity contribution in [3.63, 3.8) is 0 Å². The molecule has 5 heteroatoms. The van der Waals surface area contributed by atoms with Gasteiger partial charge in [0.15, 0.2) is 5.69 Å². The van der Waals surface area contributed by atoms with Gasteiger partial charge < -0.3 is 10.1 Å². The number of aromatic nitrogens is 2. The summed E-state index contributed by atoms with van der Waals surface area (Å²) in [5.74, 6) is 0.595. The van der Waals surface area contributed by atoms with Gasteiger partial charge >= 0.3 is 0 Å². The van der Waals surface area contributed by atoms with Crippen LogP contribution in [0.4, 0.5) is 0 Å². The summed E-state index contributed by atoms with van der Waals surface area (Å²) in [7, 11) is 3.46. The molecule has 0 aliphatic carbocycles. The molecular formula is C16H21N3O2. The molecule has 0 bridgehead atoms. The van der Waals surface area contributed by atoms with E-state index in [4.69, 9.17) is 4.74 Å². The van der Waals surface area contributed by atoms with Gasteiger partial charge in [-0.2, -0.15) is 5.10 Å². The Labute approximate surface area is 124 Å². The summed E-state index contributed by atoms with van der Waals surface area (Å²) in [5, 5.41) is 7.14. The lowest BCUT2D eigenvalue weighted by molar-refractivity contribution is 0.0937. The molecule has 0 fully saturated rings. The van der Waals surface area contributed by atoms with E-state index >= 15 is 0 Å². The van der Waals surface area contributed by atoms with Crippen LogP contribution in [0.15, 0.2) is 24.3 Å². The highest BCUT2D eigenvalue weighted by atomic mass is 16.5. The minimum Gasteiger partial charge on any atom is -0.496 e. The summed E-state index contributed by atoms with van der Waals surface area (Å²) in [4.78, 5) is 12.1. The maximum atomic E-state index is 12.1. The van der Waals surface area contributed by atoms with E-state index < -0.39 is 0 Å². The van der Waals surface area contributed by atoms with Crippen LogP contribution in [0, 0.1) is 6.92 Å². The highest BCUT2D eigenvalue weighted by Gasteiger charge is 2.17. The van der Waals surface area contributed by atoms with E-state index in [2.05, 4.69) is 10.4 Å². The van der Waals surface area contributed by atoms with Gasteiger partial charge in [-0.3, -0.25) is 9.48 Å². The van der Waals surface area contributed by atoms with Gasteiger partial charge in [0.25, 0.3) is 5.91 Å². The molecule has 1 amide bonds. The van der Waals surface area contributed by atoms with E-state index in [1.807, 2.05) is 46.0 Å². The number of nitrogens with zero attached hydrogens (tertiary/aromatic N) is 2. The second-order valence-corrected chi connectivity index (χ2v) is 5.37. The first kappa shape index (κ1) is 15.1. The Balaban J connectivity index is 2.44. The standard InChI is InChI=1S/C16H21N3O2/c1-10(2)17-16(20)13-9-14(19(4)18-13)12-8-11(3)6-7-15(12)21-5/h6-10H,1-5H3,(H,17,20). The van der Waals surface area contributed by atoms with Crippen LogP contribution in [0.3, 0.4) is 0 Å². The lowest BCUT2D eigenvalue weighted by Gasteiger charge is -2.09. The van der Waals surface area contributed by atoms with Gasteiger partial charge in [-0.15, -0.1) is 0 Å². The number of nitrogens with one attached hydrogen (secondary N) is 1. The van der Waals surface area contributed by atoms with Gasteiger partial charge in [-0.05, 0) is 39.0 Å². The van der Waals surface area contributed by atoms with Crippen LogP contribution in [-0.4, -0.2) is 28.8 Å². The number of benzene rings is 1. The van der Waals surface area contributed by atoms with Gasteiger partial charge in [0.05, 0.1) is 12.8 Å². The minimum atomic E-state index is -0.168. The fourth-order valence-corrected chi connectivity index (χ4v) is 2.19. The zero-order valence-corrected chi connectivity index (χ0v) is 13.1. The fourth-order valence-electron chi connectivity index (χ4n) is 2.19. The molecule has 2 aromatic rings. The van der Waals surface area contributed by atoms with Crippen molar-refractivity contribution < 1.29 is 9.53 Å². The molecule has 0 atom stereocenters. The van der Waals surface area contributed by atoms with Crippen molar-refractivity contribution in [2.45, 2.75) is 26.8 Å². The lowest BCUT2D eigenvalue weighted by Crippen LogP contribution is -2.30. The van der Waals surface area contributed by atoms with E-state index in [-0.39, 0.29) is 11.9 Å². The number of carbonyl (C=O) groups is 1. The topological polar surface area (TPSA) is 56.1 Å². The molecule has 0 saturated carbocycles. The number of hydrogen-bond acceptors (Lipinski definition) is 3. The molecule has 1 aromatic carbocycles. The molecule has 1 heterocycles. The maximum Gasteiger partial charge on any atom is 0.271 e. The Morgan fingerprint density at radius 2 is 2.05 bits per heavy atom. The molecular weight excluding hydrogens is 266 g/mol. The van der Waals surface area contributed by atoms with Crippen molar-refractivity contribution in [1.82, 2.24) is 15.1 Å². The summed E-state index contributed by atoms with van der Waals surface area (Å²) in [5.41, 5.74) is 3.31. The van der Waals surface area contributed by atoms with E-state index in [1.54, 1.807) is 17.9 Å². The average Bonchev–Trinajstić information content (AvgIpc) is 2.80. The van der Waals surface area contributed by atoms with E-state index in [1.165, 1.54) is 0 Å². The van der Waals surface area contributed by atoms with Crippen LogP contribution in [-0.2, 0) is 7.05 Å². The van der Waals surface area contributed by atoms with Crippen LogP contribution < -0.4 is 10.1 Å². The summed E-state index contributed by atoms with van der Waals surface area (Å²) in [6, 6.07) is 7.81. The molecule has 0 radical (unpaired) electrons. The Morgan fingerprint density at radius 1 is 1.33 bits per heavy atom. The van der Waals surface area contributed by atoms with Gasteiger partial charge in [0.1, 0.15) is 5.75 Å². The van der Waals surface area contributed by atoms with Crippen LogP contribution in [0.1, 0.15) is 29.9 Å². The number of carbonyl (C=O) groups excluding carboxylic acids is 1. The molecule has 0 spiro atoms. The first-order valence-corrected chi connectivity index (χ1v) is 6.92. The predicted molar refractivity (Wildman–Crippen MR) is 82.5 cm³/mol.